The first-order valence-electron chi connectivity index (χ1n) is 10.7. The number of halogens is 6. The zero-order chi connectivity index (χ0) is 28.3. The number of para-hydroxylation sites is 3. The van der Waals surface area contributed by atoms with Crippen molar-refractivity contribution in [2.75, 3.05) is 0 Å². The molecule has 0 atom stereocenters. The van der Waals surface area contributed by atoms with Gasteiger partial charge in [0.05, 0.1) is 30.1 Å². The van der Waals surface area contributed by atoms with Gasteiger partial charge in [0.2, 0.25) is 0 Å². The lowest BCUT2D eigenvalue weighted by Crippen LogP contribution is -2.21. The lowest BCUT2D eigenvalue weighted by molar-refractivity contribution is 0.0729. The third-order valence-electron chi connectivity index (χ3n) is 5.05. The summed E-state index contributed by atoms with van der Waals surface area (Å²) in [4.78, 5) is 40.4. The molecule has 4 aromatic carbocycles. The van der Waals surface area contributed by atoms with Crippen LogP contribution in [0.25, 0.3) is 0 Å². The van der Waals surface area contributed by atoms with Crippen LogP contribution in [0, 0.1) is 0 Å². The Kier molecular flexibility index (Phi) is 10.2. The van der Waals surface area contributed by atoms with Crippen LogP contribution in [0.2, 0.25) is 0 Å². The van der Waals surface area contributed by atoms with Crippen molar-refractivity contribution in [2.45, 2.75) is 0 Å². The molecule has 39 heavy (non-hydrogen) atoms. The number of benzene rings is 4. The average Bonchev–Trinajstić information content (AvgIpc) is 2.88. The second-order valence-corrected chi connectivity index (χ2v) is 12.5. The number of ether oxygens (including phenoxy) is 3. The molecule has 0 aliphatic heterocycles. The summed E-state index contributed by atoms with van der Waals surface area (Å²) in [5.41, 5.74) is -0.397. The summed E-state index contributed by atoms with van der Waals surface area (Å²) in [6.07, 6.45) is 0. The molecular weight excluding hydrogens is 900 g/mol. The molecule has 0 aliphatic carbocycles. The molecular formula is C27H12Br6O6. The quantitative estimate of drug-likeness (QED) is 0.142. The molecule has 0 radical (unpaired) electrons. The normalized spacial score (nSPS) is 10.6. The average molecular weight is 912 g/mol. The maximum Gasteiger partial charge on any atom is 0.345 e. The van der Waals surface area contributed by atoms with Crippen LogP contribution >= 0.6 is 95.6 Å². The topological polar surface area (TPSA) is 78.9 Å². The Labute approximate surface area is 273 Å². The van der Waals surface area contributed by atoms with Gasteiger partial charge in [-0.3, -0.25) is 0 Å². The smallest absolute Gasteiger partial charge is 0.345 e. The minimum atomic E-state index is -0.849. The van der Waals surface area contributed by atoms with Gasteiger partial charge in [-0.25, -0.2) is 14.4 Å². The molecule has 6 nitrogen and oxygen atoms in total. The van der Waals surface area contributed by atoms with E-state index < -0.39 is 17.9 Å². The predicted molar refractivity (Wildman–Crippen MR) is 167 cm³/mol. The molecule has 0 aliphatic rings. The van der Waals surface area contributed by atoms with E-state index in [0.29, 0.717) is 13.4 Å². The van der Waals surface area contributed by atoms with E-state index in [1.807, 2.05) is 0 Å². The molecule has 4 aromatic rings. The fraction of sp³-hybridized carbons (Fsp3) is 0. The van der Waals surface area contributed by atoms with E-state index in [2.05, 4.69) is 95.6 Å². The molecule has 0 amide bonds. The van der Waals surface area contributed by atoms with Crippen molar-refractivity contribution < 1.29 is 28.6 Å². The van der Waals surface area contributed by atoms with Crippen molar-refractivity contribution in [3.63, 3.8) is 0 Å². The van der Waals surface area contributed by atoms with Crippen molar-refractivity contribution in [3.8, 4) is 17.2 Å². The predicted octanol–water partition coefficient (Wildman–Crippen LogP) is 9.92. The molecule has 0 saturated carbocycles. The number of rotatable bonds is 6. The van der Waals surface area contributed by atoms with Crippen LogP contribution in [0.5, 0.6) is 17.2 Å². The standard InChI is InChI=1S/C27H12Br6O6/c28-13-7-1-4-10-16(13)37-25(34)19-22(31)20(26(35)38-17-11-5-2-8-14(17)29)24(33)21(23(19)32)27(36)39-18-12-6-3-9-15(18)30/h1-12H. The first-order chi connectivity index (χ1) is 18.6. The van der Waals surface area contributed by atoms with Gasteiger partial charge < -0.3 is 14.2 Å². The van der Waals surface area contributed by atoms with Gasteiger partial charge in [-0.05, 0) is 132 Å². The van der Waals surface area contributed by atoms with E-state index >= 15 is 0 Å². The van der Waals surface area contributed by atoms with Crippen molar-refractivity contribution in [1.82, 2.24) is 0 Å². The minimum absolute atomic E-state index is 0.0350. The molecule has 4 rings (SSSR count). The lowest BCUT2D eigenvalue weighted by Gasteiger charge is -2.18. The van der Waals surface area contributed by atoms with E-state index in [1.165, 1.54) is 0 Å². The van der Waals surface area contributed by atoms with Crippen LogP contribution in [0.4, 0.5) is 0 Å². The van der Waals surface area contributed by atoms with Gasteiger partial charge in [-0.1, -0.05) is 36.4 Å². The van der Waals surface area contributed by atoms with Gasteiger partial charge in [0.1, 0.15) is 17.2 Å². The Bertz CT molecular complexity index is 1410. The van der Waals surface area contributed by atoms with Crippen LogP contribution < -0.4 is 14.2 Å². The van der Waals surface area contributed by atoms with E-state index in [-0.39, 0.29) is 47.4 Å². The largest absolute Gasteiger partial charge is 0.422 e. The van der Waals surface area contributed by atoms with Gasteiger partial charge in [0, 0.05) is 13.4 Å². The minimum Gasteiger partial charge on any atom is -0.422 e. The molecule has 0 N–H and O–H groups in total. The number of esters is 3. The number of carbonyl (C=O) groups excluding carboxylic acids is 3. The Morgan fingerprint density at radius 3 is 0.872 bits per heavy atom. The van der Waals surface area contributed by atoms with E-state index in [1.54, 1.807) is 72.8 Å². The first-order valence-corrected chi connectivity index (χ1v) is 15.5. The summed E-state index contributed by atoms with van der Waals surface area (Å²) >= 11 is 20.1. The zero-order valence-corrected chi connectivity index (χ0v) is 28.7. The van der Waals surface area contributed by atoms with Crippen molar-refractivity contribution in [2.24, 2.45) is 0 Å². The highest BCUT2D eigenvalue weighted by atomic mass is 79.9. The van der Waals surface area contributed by atoms with Crippen LogP contribution in [0.1, 0.15) is 31.1 Å². The zero-order valence-electron chi connectivity index (χ0n) is 19.1. The molecule has 0 spiro atoms. The molecule has 0 fully saturated rings. The third-order valence-corrected chi connectivity index (χ3v) is 9.39. The second kappa shape index (κ2) is 13.2. The van der Waals surface area contributed by atoms with Crippen molar-refractivity contribution in [3.05, 3.63) is 116 Å². The van der Waals surface area contributed by atoms with Crippen LogP contribution in [-0.4, -0.2) is 17.9 Å². The van der Waals surface area contributed by atoms with Crippen molar-refractivity contribution >= 4 is 113 Å². The van der Waals surface area contributed by atoms with Crippen LogP contribution in [0.15, 0.2) is 99.6 Å². The van der Waals surface area contributed by atoms with E-state index in [4.69, 9.17) is 14.2 Å². The maximum atomic E-state index is 13.5. The van der Waals surface area contributed by atoms with Crippen molar-refractivity contribution in [1.29, 1.82) is 0 Å². The molecule has 12 heteroatoms. The van der Waals surface area contributed by atoms with Crippen LogP contribution in [0.3, 0.4) is 0 Å². The van der Waals surface area contributed by atoms with Gasteiger partial charge in [-0.15, -0.1) is 0 Å². The van der Waals surface area contributed by atoms with Gasteiger partial charge >= 0.3 is 17.9 Å². The molecule has 0 bridgehead atoms. The van der Waals surface area contributed by atoms with Gasteiger partial charge in [-0.2, -0.15) is 0 Å². The van der Waals surface area contributed by atoms with Crippen LogP contribution in [-0.2, 0) is 0 Å². The van der Waals surface area contributed by atoms with E-state index in [0.717, 1.165) is 0 Å². The number of hydrogen-bond donors (Lipinski definition) is 0. The first kappa shape index (κ1) is 30.1. The molecule has 0 heterocycles. The SMILES string of the molecule is O=C(Oc1ccccc1Br)c1c(Br)c(C(=O)Oc2ccccc2Br)c(Br)c(C(=O)Oc2ccccc2Br)c1Br. The highest BCUT2D eigenvalue weighted by Gasteiger charge is 2.33. The summed E-state index contributed by atoms with van der Waals surface area (Å²) in [6.45, 7) is 0. The molecule has 0 saturated heterocycles. The highest BCUT2D eigenvalue weighted by molar-refractivity contribution is 9.12. The summed E-state index contributed by atoms with van der Waals surface area (Å²) < 4.78 is 18.5. The summed E-state index contributed by atoms with van der Waals surface area (Å²) in [6, 6.07) is 20.3. The Hall–Kier alpha value is -1.83. The third kappa shape index (κ3) is 6.74. The lowest BCUT2D eigenvalue weighted by atomic mass is 10.0. The maximum absolute atomic E-state index is 13.5. The fourth-order valence-corrected chi connectivity index (χ4v) is 7.29. The Morgan fingerprint density at radius 1 is 0.410 bits per heavy atom. The number of hydrogen-bond acceptors (Lipinski definition) is 6. The monoisotopic (exact) mass is 906 g/mol. The molecule has 0 unspecified atom stereocenters. The summed E-state index contributed by atoms with van der Waals surface area (Å²) in [5, 5.41) is 0. The molecule has 0 aromatic heterocycles. The molecule has 198 valence electrons. The summed E-state index contributed by atoms with van der Waals surface area (Å²) in [7, 11) is 0. The van der Waals surface area contributed by atoms with E-state index in [9.17, 15) is 14.4 Å². The second-order valence-electron chi connectivity index (χ2n) is 7.53. The highest BCUT2D eigenvalue weighted by Crippen LogP contribution is 2.41. The Morgan fingerprint density at radius 2 is 0.641 bits per heavy atom. The number of carbonyl (C=O) groups is 3. The fourth-order valence-electron chi connectivity index (χ4n) is 3.24. The Balaban J connectivity index is 1.86. The summed E-state index contributed by atoms with van der Waals surface area (Å²) in [5.74, 6) is -1.84. The van der Waals surface area contributed by atoms with Gasteiger partial charge in [0.15, 0.2) is 0 Å². The van der Waals surface area contributed by atoms with Gasteiger partial charge in [0.25, 0.3) is 0 Å².